The average Bonchev–Trinajstić information content (AvgIpc) is 3.14. The second kappa shape index (κ2) is 7.44. The number of rotatable bonds is 4. The van der Waals surface area contributed by atoms with Crippen molar-refractivity contribution in [1.82, 2.24) is 15.3 Å². The SMILES string of the molecule is CC(=O)N[C@@H]1CCN(c2ccnc3ccc(-c4cccc(S(C)(=O)=O)c4)nc23)C1. The van der Waals surface area contributed by atoms with Gasteiger partial charge in [-0.1, -0.05) is 12.1 Å². The summed E-state index contributed by atoms with van der Waals surface area (Å²) in [6.07, 6.45) is 3.83. The summed E-state index contributed by atoms with van der Waals surface area (Å²) in [7, 11) is -3.30. The first kappa shape index (κ1) is 19.3. The van der Waals surface area contributed by atoms with Gasteiger partial charge in [-0.15, -0.1) is 0 Å². The maximum absolute atomic E-state index is 11.9. The van der Waals surface area contributed by atoms with Crippen LogP contribution < -0.4 is 10.2 Å². The summed E-state index contributed by atoms with van der Waals surface area (Å²) in [4.78, 5) is 23.1. The van der Waals surface area contributed by atoms with Crippen LogP contribution in [0.15, 0.2) is 53.6 Å². The lowest BCUT2D eigenvalue weighted by atomic mass is 10.1. The van der Waals surface area contributed by atoms with Crippen LogP contribution in [0.5, 0.6) is 0 Å². The predicted molar refractivity (Wildman–Crippen MR) is 113 cm³/mol. The number of nitrogens with zero attached hydrogens (tertiary/aromatic N) is 3. The second-order valence-corrected chi connectivity index (χ2v) is 9.34. The quantitative estimate of drug-likeness (QED) is 0.710. The minimum Gasteiger partial charge on any atom is -0.368 e. The number of nitrogens with one attached hydrogen (secondary N) is 1. The molecule has 0 spiro atoms. The summed E-state index contributed by atoms with van der Waals surface area (Å²) in [6.45, 7) is 3.07. The van der Waals surface area contributed by atoms with E-state index in [1.54, 1.807) is 24.4 Å². The Morgan fingerprint density at radius 1 is 1.21 bits per heavy atom. The van der Waals surface area contributed by atoms with E-state index in [0.29, 0.717) is 12.2 Å². The lowest BCUT2D eigenvalue weighted by Gasteiger charge is -2.20. The topological polar surface area (TPSA) is 92.3 Å². The van der Waals surface area contributed by atoms with Crippen LogP contribution in [0, 0.1) is 0 Å². The molecule has 8 heteroatoms. The Labute approximate surface area is 169 Å². The first-order chi connectivity index (χ1) is 13.8. The van der Waals surface area contributed by atoms with Gasteiger partial charge < -0.3 is 10.2 Å². The van der Waals surface area contributed by atoms with Crippen molar-refractivity contribution in [3.8, 4) is 11.3 Å². The van der Waals surface area contributed by atoms with Crippen LogP contribution in [0.1, 0.15) is 13.3 Å². The van der Waals surface area contributed by atoms with Crippen molar-refractivity contribution in [1.29, 1.82) is 0 Å². The summed E-state index contributed by atoms with van der Waals surface area (Å²) in [6, 6.07) is 12.6. The molecule has 1 aromatic carbocycles. The average molecular weight is 410 g/mol. The van der Waals surface area contributed by atoms with E-state index in [1.807, 2.05) is 24.3 Å². The third-order valence-corrected chi connectivity index (χ3v) is 6.17. The van der Waals surface area contributed by atoms with Gasteiger partial charge in [0.05, 0.1) is 21.8 Å². The van der Waals surface area contributed by atoms with E-state index in [4.69, 9.17) is 4.98 Å². The fourth-order valence-electron chi connectivity index (χ4n) is 3.70. The number of aromatic nitrogens is 2. The van der Waals surface area contributed by atoms with E-state index in [-0.39, 0.29) is 16.8 Å². The second-order valence-electron chi connectivity index (χ2n) is 7.33. The zero-order chi connectivity index (χ0) is 20.6. The molecule has 0 aliphatic carbocycles. The summed E-state index contributed by atoms with van der Waals surface area (Å²) < 4.78 is 23.8. The standard InChI is InChI=1S/C21H22N4O3S/c1-14(26)23-16-9-11-25(13-16)20-8-10-22-19-7-6-18(24-21(19)20)15-4-3-5-17(12-15)29(2,27)28/h3-8,10,12,16H,9,11,13H2,1-2H3,(H,23,26)/t16-/m1/s1. The number of anilines is 1. The first-order valence-electron chi connectivity index (χ1n) is 9.39. The van der Waals surface area contributed by atoms with E-state index in [9.17, 15) is 13.2 Å². The summed E-state index contributed by atoms with van der Waals surface area (Å²) >= 11 is 0. The molecule has 0 saturated carbocycles. The van der Waals surface area contributed by atoms with Gasteiger partial charge in [-0.05, 0) is 36.8 Å². The Morgan fingerprint density at radius 3 is 2.79 bits per heavy atom. The molecule has 1 atom stereocenters. The molecule has 150 valence electrons. The maximum atomic E-state index is 11.9. The van der Waals surface area contributed by atoms with Crippen molar-refractivity contribution in [3.63, 3.8) is 0 Å². The number of carbonyl (C=O) groups excluding carboxylic acids is 1. The van der Waals surface area contributed by atoms with Gasteiger partial charge in [-0.3, -0.25) is 9.78 Å². The van der Waals surface area contributed by atoms with Crippen molar-refractivity contribution in [2.45, 2.75) is 24.3 Å². The molecule has 0 bridgehead atoms. The van der Waals surface area contributed by atoms with Crippen molar-refractivity contribution in [3.05, 3.63) is 48.7 Å². The summed E-state index contributed by atoms with van der Waals surface area (Å²) in [5.41, 5.74) is 3.92. The maximum Gasteiger partial charge on any atom is 0.217 e. The first-order valence-corrected chi connectivity index (χ1v) is 11.3. The fraction of sp³-hybridized carbons (Fsp3) is 0.286. The normalized spacial score (nSPS) is 16.9. The number of hydrogen-bond acceptors (Lipinski definition) is 6. The van der Waals surface area contributed by atoms with E-state index in [0.717, 1.165) is 35.2 Å². The predicted octanol–water partition coefficient (Wildman–Crippen LogP) is 2.42. The molecule has 3 heterocycles. The van der Waals surface area contributed by atoms with Gasteiger partial charge in [0.1, 0.15) is 5.52 Å². The number of fused-ring (bicyclic) bond motifs is 1. The molecular weight excluding hydrogens is 388 g/mol. The van der Waals surface area contributed by atoms with Gasteiger partial charge in [0.25, 0.3) is 0 Å². The van der Waals surface area contributed by atoms with Gasteiger partial charge >= 0.3 is 0 Å². The third-order valence-electron chi connectivity index (χ3n) is 5.06. The highest BCUT2D eigenvalue weighted by Gasteiger charge is 2.25. The Bertz CT molecular complexity index is 1190. The van der Waals surface area contributed by atoms with E-state index in [1.165, 1.54) is 13.2 Å². The largest absolute Gasteiger partial charge is 0.368 e. The smallest absolute Gasteiger partial charge is 0.217 e. The van der Waals surface area contributed by atoms with Gasteiger partial charge in [-0.25, -0.2) is 13.4 Å². The molecule has 3 aromatic rings. The Hall–Kier alpha value is -3.00. The highest BCUT2D eigenvalue weighted by atomic mass is 32.2. The van der Waals surface area contributed by atoms with E-state index >= 15 is 0 Å². The lowest BCUT2D eigenvalue weighted by molar-refractivity contribution is -0.119. The Morgan fingerprint density at radius 2 is 2.03 bits per heavy atom. The van der Waals surface area contributed by atoms with Gasteiger partial charge in [0, 0.05) is 44.1 Å². The summed E-state index contributed by atoms with van der Waals surface area (Å²) in [5.74, 6) is -0.0254. The van der Waals surface area contributed by atoms with E-state index in [2.05, 4.69) is 15.2 Å². The molecule has 1 saturated heterocycles. The van der Waals surface area contributed by atoms with Crippen LogP contribution in [0.3, 0.4) is 0 Å². The number of hydrogen-bond donors (Lipinski definition) is 1. The fourth-order valence-corrected chi connectivity index (χ4v) is 4.36. The highest BCUT2D eigenvalue weighted by molar-refractivity contribution is 7.90. The van der Waals surface area contributed by atoms with Crippen molar-refractivity contribution >= 4 is 32.5 Å². The van der Waals surface area contributed by atoms with Crippen LogP contribution in [-0.4, -0.2) is 49.7 Å². The Kier molecular flexibility index (Phi) is 4.96. The van der Waals surface area contributed by atoms with E-state index < -0.39 is 9.84 Å². The van der Waals surface area contributed by atoms with Gasteiger partial charge in [0.2, 0.25) is 5.91 Å². The van der Waals surface area contributed by atoms with Crippen LogP contribution in [-0.2, 0) is 14.6 Å². The molecule has 0 radical (unpaired) electrons. The molecule has 29 heavy (non-hydrogen) atoms. The van der Waals surface area contributed by atoms with Gasteiger partial charge in [-0.2, -0.15) is 0 Å². The highest BCUT2D eigenvalue weighted by Crippen LogP contribution is 2.30. The molecular formula is C21H22N4O3S. The number of amides is 1. The molecule has 0 unspecified atom stereocenters. The molecule has 1 aliphatic rings. The zero-order valence-corrected chi connectivity index (χ0v) is 17.1. The number of carbonyl (C=O) groups is 1. The number of pyridine rings is 2. The minimum atomic E-state index is -3.30. The summed E-state index contributed by atoms with van der Waals surface area (Å²) in [5, 5.41) is 2.97. The van der Waals surface area contributed by atoms with Crippen LogP contribution in [0.25, 0.3) is 22.3 Å². The molecule has 1 fully saturated rings. The molecule has 2 aromatic heterocycles. The van der Waals surface area contributed by atoms with Crippen molar-refractivity contribution in [2.24, 2.45) is 0 Å². The van der Waals surface area contributed by atoms with Gasteiger partial charge in [0.15, 0.2) is 9.84 Å². The van der Waals surface area contributed by atoms with Crippen molar-refractivity contribution < 1.29 is 13.2 Å². The Balaban J connectivity index is 1.73. The zero-order valence-electron chi connectivity index (χ0n) is 16.3. The van der Waals surface area contributed by atoms with Crippen LogP contribution >= 0.6 is 0 Å². The monoisotopic (exact) mass is 410 g/mol. The molecule has 1 N–H and O–H groups in total. The lowest BCUT2D eigenvalue weighted by Crippen LogP contribution is -2.35. The molecule has 1 aliphatic heterocycles. The number of sulfone groups is 1. The van der Waals surface area contributed by atoms with Crippen LogP contribution in [0.2, 0.25) is 0 Å². The molecule has 4 rings (SSSR count). The molecule has 1 amide bonds. The van der Waals surface area contributed by atoms with Crippen LogP contribution in [0.4, 0.5) is 5.69 Å². The molecule has 7 nitrogen and oxygen atoms in total. The third kappa shape index (κ3) is 4.07. The number of benzene rings is 1. The van der Waals surface area contributed by atoms with Crippen molar-refractivity contribution in [2.75, 3.05) is 24.2 Å². The minimum absolute atomic E-state index is 0.0254.